The highest BCUT2D eigenvalue weighted by molar-refractivity contribution is 5.80. The molecule has 0 heterocycles. The third kappa shape index (κ3) is 8.93. The van der Waals surface area contributed by atoms with Gasteiger partial charge < -0.3 is 4.74 Å². The Balaban J connectivity index is 0. The zero-order valence-corrected chi connectivity index (χ0v) is 4.76. The third-order valence-electron chi connectivity index (χ3n) is 0.368. The molecule has 4 nitrogen and oxygen atoms in total. The van der Waals surface area contributed by atoms with Crippen LogP contribution in [-0.4, -0.2) is 13.1 Å². The van der Waals surface area contributed by atoms with E-state index in [1.165, 1.54) is 7.11 Å². The van der Waals surface area contributed by atoms with Gasteiger partial charge in [-0.15, -0.1) is 0 Å². The highest BCUT2D eigenvalue weighted by Crippen LogP contribution is 1.67. The molecule has 0 radical (unpaired) electrons. The van der Waals surface area contributed by atoms with E-state index in [2.05, 4.69) is 23.0 Å². The van der Waals surface area contributed by atoms with Gasteiger partial charge in [0.1, 0.15) is 0 Å². The molecule has 0 bridgehead atoms. The molecule has 0 rings (SSSR count). The minimum atomic E-state index is -0.394. The topological polar surface area (TPSA) is 78.3 Å². The van der Waals surface area contributed by atoms with Gasteiger partial charge >= 0.3 is 5.97 Å². The molecule has 0 atom stereocenters. The zero-order chi connectivity index (χ0) is 6.99. The molecular weight excluding hydrogens is 108 g/mol. The normalized spacial score (nSPS) is 5.88. The van der Waals surface area contributed by atoms with Crippen LogP contribution in [0, 0.1) is 0 Å². The molecule has 48 valence electrons. The van der Waals surface area contributed by atoms with Gasteiger partial charge in [-0.1, -0.05) is 6.58 Å². The van der Waals surface area contributed by atoms with E-state index in [-0.39, 0.29) is 0 Å². The molecule has 0 aromatic carbocycles. The van der Waals surface area contributed by atoms with E-state index in [1.807, 2.05) is 0 Å². The predicted octanol–water partition coefficient (Wildman–Crippen LogP) is -0.836. The average molecular weight is 118 g/mol. The van der Waals surface area contributed by atoms with E-state index in [1.54, 1.807) is 0 Å². The molecule has 0 saturated heterocycles. The number of esters is 1. The van der Waals surface area contributed by atoms with Crippen molar-refractivity contribution in [1.29, 1.82) is 0 Å². The maximum absolute atomic E-state index is 9.84. The summed E-state index contributed by atoms with van der Waals surface area (Å²) in [7, 11) is 1.31. The second-order valence-electron chi connectivity index (χ2n) is 0.727. The lowest BCUT2D eigenvalue weighted by Crippen LogP contribution is -2.02. The number of nitrogens with two attached hydrogens (primary N) is 2. The van der Waals surface area contributed by atoms with Gasteiger partial charge in [-0.3, -0.25) is 11.7 Å². The van der Waals surface area contributed by atoms with E-state index >= 15 is 0 Å². The molecule has 0 amide bonds. The largest absolute Gasteiger partial charge is 0.466 e. The Labute approximate surface area is 48.1 Å². The number of rotatable bonds is 1. The number of hydrogen-bond acceptors (Lipinski definition) is 4. The van der Waals surface area contributed by atoms with Crippen LogP contribution in [0.5, 0.6) is 0 Å². The SMILES string of the molecule is C=CC(=O)OC.NN. The highest BCUT2D eigenvalue weighted by atomic mass is 16.5. The van der Waals surface area contributed by atoms with E-state index in [0.717, 1.165) is 6.08 Å². The number of hydrazine groups is 1. The first-order valence-electron chi connectivity index (χ1n) is 1.85. The van der Waals surface area contributed by atoms with Crippen molar-refractivity contribution in [3.63, 3.8) is 0 Å². The Morgan fingerprint density at radius 2 is 2.12 bits per heavy atom. The number of carbonyl (C=O) groups is 1. The molecule has 0 spiro atoms. The summed E-state index contributed by atoms with van der Waals surface area (Å²) in [4.78, 5) is 9.84. The van der Waals surface area contributed by atoms with Crippen molar-refractivity contribution in [2.45, 2.75) is 0 Å². The fourth-order valence-corrected chi connectivity index (χ4v) is 0.0833. The minimum absolute atomic E-state index is 0.394. The van der Waals surface area contributed by atoms with E-state index in [0.29, 0.717) is 0 Å². The summed E-state index contributed by atoms with van der Waals surface area (Å²) in [5.74, 6) is 7.61. The van der Waals surface area contributed by atoms with Crippen LogP contribution < -0.4 is 11.7 Å². The van der Waals surface area contributed by atoms with Gasteiger partial charge in [0.05, 0.1) is 7.11 Å². The fourth-order valence-electron chi connectivity index (χ4n) is 0.0833. The van der Waals surface area contributed by atoms with Gasteiger partial charge in [0, 0.05) is 6.08 Å². The molecule has 8 heavy (non-hydrogen) atoms. The summed E-state index contributed by atoms with van der Waals surface area (Å²) in [6.45, 7) is 3.16. The van der Waals surface area contributed by atoms with Crippen LogP contribution in [0.4, 0.5) is 0 Å². The van der Waals surface area contributed by atoms with Crippen molar-refractivity contribution in [2.75, 3.05) is 7.11 Å². The van der Waals surface area contributed by atoms with Crippen LogP contribution in [0.2, 0.25) is 0 Å². The second-order valence-corrected chi connectivity index (χ2v) is 0.727. The number of hydrogen-bond donors (Lipinski definition) is 2. The van der Waals surface area contributed by atoms with Crippen LogP contribution in [0.15, 0.2) is 12.7 Å². The quantitative estimate of drug-likeness (QED) is 0.204. The highest BCUT2D eigenvalue weighted by Gasteiger charge is 1.81. The van der Waals surface area contributed by atoms with Gasteiger partial charge in [-0.2, -0.15) is 0 Å². The van der Waals surface area contributed by atoms with Crippen LogP contribution in [0.3, 0.4) is 0 Å². The van der Waals surface area contributed by atoms with Crippen molar-refractivity contribution in [3.8, 4) is 0 Å². The van der Waals surface area contributed by atoms with Gasteiger partial charge in [-0.05, 0) is 0 Å². The van der Waals surface area contributed by atoms with Crippen molar-refractivity contribution < 1.29 is 9.53 Å². The van der Waals surface area contributed by atoms with Crippen LogP contribution in [0.1, 0.15) is 0 Å². The van der Waals surface area contributed by atoms with Gasteiger partial charge in [0.25, 0.3) is 0 Å². The molecule has 0 fully saturated rings. The second kappa shape index (κ2) is 9.46. The molecule has 0 aliphatic heterocycles. The van der Waals surface area contributed by atoms with Crippen LogP contribution >= 0.6 is 0 Å². The standard InChI is InChI=1S/C4H6O2.H4N2/c1-3-4(5)6-2;1-2/h3H,1H2,2H3;1-2H2. The summed E-state index contributed by atoms with van der Waals surface area (Å²) in [6.07, 6.45) is 1.11. The Hall–Kier alpha value is -0.870. The lowest BCUT2D eigenvalue weighted by Gasteiger charge is -1.83. The monoisotopic (exact) mass is 118 g/mol. The van der Waals surface area contributed by atoms with E-state index < -0.39 is 5.97 Å². The number of ether oxygens (including phenoxy) is 1. The first-order chi connectivity index (χ1) is 3.81. The summed E-state index contributed by atoms with van der Waals surface area (Å²) >= 11 is 0. The van der Waals surface area contributed by atoms with Gasteiger partial charge in [0.2, 0.25) is 0 Å². The molecule has 0 aromatic rings. The lowest BCUT2D eigenvalue weighted by atomic mass is 10.7. The zero-order valence-electron chi connectivity index (χ0n) is 4.76. The molecular formula is C4H10N2O2. The summed E-state index contributed by atoms with van der Waals surface area (Å²) in [5.41, 5.74) is 0. The minimum Gasteiger partial charge on any atom is -0.466 e. The molecule has 0 aliphatic rings. The third-order valence-corrected chi connectivity index (χ3v) is 0.368. The Morgan fingerprint density at radius 1 is 1.75 bits per heavy atom. The van der Waals surface area contributed by atoms with Crippen molar-refractivity contribution in [1.82, 2.24) is 0 Å². The lowest BCUT2D eigenvalue weighted by molar-refractivity contribution is -0.134. The van der Waals surface area contributed by atoms with Crippen molar-refractivity contribution in [3.05, 3.63) is 12.7 Å². The first-order valence-corrected chi connectivity index (χ1v) is 1.85. The maximum atomic E-state index is 9.84. The smallest absolute Gasteiger partial charge is 0.329 e. The molecule has 4 N–H and O–H groups in total. The number of carbonyl (C=O) groups excluding carboxylic acids is 1. The molecule has 0 aliphatic carbocycles. The Morgan fingerprint density at radius 3 is 2.12 bits per heavy atom. The molecule has 4 heteroatoms. The predicted molar refractivity (Wildman–Crippen MR) is 30.6 cm³/mol. The maximum Gasteiger partial charge on any atom is 0.329 e. The van der Waals surface area contributed by atoms with Crippen LogP contribution in [-0.2, 0) is 9.53 Å². The molecule has 0 unspecified atom stereocenters. The number of methoxy groups -OCH3 is 1. The summed E-state index contributed by atoms with van der Waals surface area (Å²) in [5, 5.41) is 0. The Kier molecular flexibility index (Phi) is 12.0. The van der Waals surface area contributed by atoms with Crippen molar-refractivity contribution in [2.24, 2.45) is 11.7 Å². The van der Waals surface area contributed by atoms with Crippen LogP contribution in [0.25, 0.3) is 0 Å². The van der Waals surface area contributed by atoms with E-state index in [9.17, 15) is 4.79 Å². The fraction of sp³-hybridized carbons (Fsp3) is 0.250. The first kappa shape index (κ1) is 10.2. The Bertz CT molecular complexity index is 72.4. The average Bonchev–Trinajstić information content (AvgIpc) is 1.91. The molecule has 0 saturated carbocycles. The van der Waals surface area contributed by atoms with E-state index in [4.69, 9.17) is 0 Å². The van der Waals surface area contributed by atoms with Gasteiger partial charge in [0.15, 0.2) is 0 Å². The van der Waals surface area contributed by atoms with Crippen molar-refractivity contribution >= 4 is 5.97 Å². The molecule has 0 aromatic heterocycles. The van der Waals surface area contributed by atoms with Gasteiger partial charge in [-0.25, -0.2) is 4.79 Å². The summed E-state index contributed by atoms with van der Waals surface area (Å²) < 4.78 is 4.14. The summed E-state index contributed by atoms with van der Waals surface area (Å²) in [6, 6.07) is 0.